The zero-order valence-corrected chi connectivity index (χ0v) is 25.1. The van der Waals surface area contributed by atoms with Crippen molar-refractivity contribution in [1.29, 1.82) is 0 Å². The Labute approximate surface area is 245 Å². The SMILES string of the molecule is CCC(C)NC(=O)C(C)N(Cc1ccc(OC)cc1)C(=O)CN(c1cccc(Cl)c1Cl)S(=O)(=O)c1ccccc1. The highest BCUT2D eigenvalue weighted by Gasteiger charge is 2.33. The van der Waals surface area contributed by atoms with E-state index in [2.05, 4.69) is 5.32 Å². The van der Waals surface area contributed by atoms with E-state index in [0.717, 1.165) is 9.87 Å². The van der Waals surface area contributed by atoms with Gasteiger partial charge in [0.2, 0.25) is 11.8 Å². The van der Waals surface area contributed by atoms with Gasteiger partial charge in [-0.05, 0) is 62.2 Å². The minimum atomic E-state index is -4.25. The highest BCUT2D eigenvalue weighted by atomic mass is 35.5. The van der Waals surface area contributed by atoms with Crippen molar-refractivity contribution in [1.82, 2.24) is 10.2 Å². The highest BCUT2D eigenvalue weighted by Crippen LogP contribution is 2.35. The molecule has 3 rings (SSSR count). The summed E-state index contributed by atoms with van der Waals surface area (Å²) in [5, 5.41) is 3.03. The second kappa shape index (κ2) is 13.9. The first-order chi connectivity index (χ1) is 19.0. The van der Waals surface area contributed by atoms with Gasteiger partial charge in [0, 0.05) is 12.6 Å². The van der Waals surface area contributed by atoms with Crippen LogP contribution in [0.3, 0.4) is 0 Å². The van der Waals surface area contributed by atoms with Crippen LogP contribution in [0.1, 0.15) is 32.8 Å². The number of anilines is 1. The third kappa shape index (κ3) is 7.47. The van der Waals surface area contributed by atoms with Crippen LogP contribution in [-0.4, -0.2) is 50.9 Å². The first-order valence-corrected chi connectivity index (χ1v) is 14.9. The normalized spacial score (nSPS) is 12.8. The van der Waals surface area contributed by atoms with Gasteiger partial charge in [0.1, 0.15) is 18.3 Å². The Hall–Kier alpha value is -3.27. The molecule has 11 heteroatoms. The quantitative estimate of drug-likeness (QED) is 0.293. The van der Waals surface area contributed by atoms with E-state index in [1.807, 2.05) is 13.8 Å². The Kier molecular flexibility index (Phi) is 10.8. The average Bonchev–Trinajstić information content (AvgIpc) is 2.96. The predicted molar refractivity (Wildman–Crippen MR) is 158 cm³/mol. The third-order valence-corrected chi connectivity index (χ3v) is 9.07. The van der Waals surface area contributed by atoms with Crippen LogP contribution >= 0.6 is 23.2 Å². The number of carbonyl (C=O) groups is 2. The maximum Gasteiger partial charge on any atom is 0.264 e. The van der Waals surface area contributed by atoms with E-state index in [-0.39, 0.29) is 39.1 Å². The number of ether oxygens (including phenoxy) is 1. The fourth-order valence-electron chi connectivity index (χ4n) is 3.89. The second-order valence-corrected chi connectivity index (χ2v) is 11.9. The smallest absolute Gasteiger partial charge is 0.264 e. The Morgan fingerprint density at radius 3 is 2.20 bits per heavy atom. The average molecular weight is 607 g/mol. The summed E-state index contributed by atoms with van der Waals surface area (Å²) in [6, 6.07) is 18.4. The predicted octanol–water partition coefficient (Wildman–Crippen LogP) is 5.53. The lowest BCUT2D eigenvalue weighted by atomic mass is 10.1. The van der Waals surface area contributed by atoms with Crippen molar-refractivity contribution in [2.45, 2.75) is 50.7 Å². The zero-order valence-electron chi connectivity index (χ0n) is 22.8. The summed E-state index contributed by atoms with van der Waals surface area (Å²) in [5.41, 5.74) is 0.781. The fourth-order valence-corrected chi connectivity index (χ4v) is 5.79. The molecule has 0 aliphatic heterocycles. The van der Waals surface area contributed by atoms with Crippen LogP contribution in [-0.2, 0) is 26.2 Å². The van der Waals surface area contributed by atoms with Gasteiger partial charge in [0.05, 0.1) is 27.7 Å². The summed E-state index contributed by atoms with van der Waals surface area (Å²) in [6.45, 7) is 4.86. The molecule has 3 aromatic rings. The molecule has 214 valence electrons. The molecule has 0 aliphatic carbocycles. The van der Waals surface area contributed by atoms with Gasteiger partial charge in [0.25, 0.3) is 10.0 Å². The minimum absolute atomic E-state index is 0.0132. The van der Waals surface area contributed by atoms with Crippen molar-refractivity contribution in [2.75, 3.05) is 18.0 Å². The molecule has 0 heterocycles. The summed E-state index contributed by atoms with van der Waals surface area (Å²) in [4.78, 5) is 28.4. The molecule has 0 aromatic heterocycles. The van der Waals surface area contributed by atoms with Crippen LogP contribution in [0.25, 0.3) is 0 Å². The highest BCUT2D eigenvalue weighted by molar-refractivity contribution is 7.92. The molecule has 40 heavy (non-hydrogen) atoms. The maximum absolute atomic E-state index is 14.0. The molecular formula is C29H33Cl2N3O5S. The van der Waals surface area contributed by atoms with Crippen LogP contribution in [0, 0.1) is 0 Å². The maximum atomic E-state index is 14.0. The first-order valence-electron chi connectivity index (χ1n) is 12.7. The van der Waals surface area contributed by atoms with Crippen LogP contribution in [0.4, 0.5) is 5.69 Å². The number of benzene rings is 3. The van der Waals surface area contributed by atoms with E-state index in [1.165, 1.54) is 29.2 Å². The number of carbonyl (C=O) groups excluding carboxylic acids is 2. The van der Waals surface area contributed by atoms with E-state index >= 15 is 0 Å². The number of nitrogens with one attached hydrogen (secondary N) is 1. The van der Waals surface area contributed by atoms with Crippen molar-refractivity contribution in [2.24, 2.45) is 0 Å². The van der Waals surface area contributed by atoms with Gasteiger partial charge in [-0.1, -0.05) is 66.5 Å². The number of halogens is 2. The molecule has 0 fully saturated rings. The Morgan fingerprint density at radius 2 is 1.60 bits per heavy atom. The van der Waals surface area contributed by atoms with Crippen molar-refractivity contribution < 1.29 is 22.7 Å². The molecule has 2 amide bonds. The standard InChI is InChI=1S/C29H33Cl2N3O5S/c1-5-20(2)32-29(36)21(3)33(18-22-14-16-23(39-4)17-15-22)27(35)19-34(26-13-9-12-25(30)28(26)31)40(37,38)24-10-7-6-8-11-24/h6-17,20-21H,5,18-19H2,1-4H3,(H,32,36). The van der Waals surface area contributed by atoms with Gasteiger partial charge in [-0.25, -0.2) is 8.42 Å². The summed E-state index contributed by atoms with van der Waals surface area (Å²) in [7, 11) is -2.70. The number of amides is 2. The van der Waals surface area contributed by atoms with Crippen molar-refractivity contribution >= 4 is 50.7 Å². The van der Waals surface area contributed by atoms with Gasteiger partial charge in [-0.15, -0.1) is 0 Å². The molecule has 2 atom stereocenters. The van der Waals surface area contributed by atoms with Crippen molar-refractivity contribution in [3.8, 4) is 5.75 Å². The second-order valence-electron chi connectivity index (χ2n) is 9.26. The number of nitrogens with zero attached hydrogens (tertiary/aromatic N) is 2. The van der Waals surface area contributed by atoms with E-state index in [4.69, 9.17) is 27.9 Å². The Bertz CT molecular complexity index is 1420. The molecular weight excluding hydrogens is 573 g/mol. The molecule has 3 aromatic carbocycles. The Balaban J connectivity index is 2.05. The van der Waals surface area contributed by atoms with Crippen molar-refractivity contribution in [3.63, 3.8) is 0 Å². The number of rotatable bonds is 12. The Morgan fingerprint density at radius 1 is 0.950 bits per heavy atom. The molecule has 0 aliphatic rings. The molecule has 1 N–H and O–H groups in total. The van der Waals surface area contributed by atoms with Crippen LogP contribution in [0.15, 0.2) is 77.7 Å². The molecule has 8 nitrogen and oxygen atoms in total. The van der Waals surface area contributed by atoms with Crippen LogP contribution < -0.4 is 14.4 Å². The van der Waals surface area contributed by atoms with E-state index in [1.54, 1.807) is 62.6 Å². The molecule has 0 radical (unpaired) electrons. The number of sulfonamides is 1. The lowest BCUT2D eigenvalue weighted by Crippen LogP contribution is -2.52. The summed E-state index contributed by atoms with van der Waals surface area (Å²) < 4.78 is 33.8. The summed E-state index contributed by atoms with van der Waals surface area (Å²) >= 11 is 12.7. The lowest BCUT2D eigenvalue weighted by Gasteiger charge is -2.32. The lowest BCUT2D eigenvalue weighted by molar-refractivity contribution is -0.139. The van der Waals surface area contributed by atoms with E-state index in [9.17, 15) is 18.0 Å². The zero-order chi connectivity index (χ0) is 29.4. The summed E-state index contributed by atoms with van der Waals surface area (Å²) in [6.07, 6.45) is 0.710. The molecule has 0 bridgehead atoms. The fraction of sp³-hybridized carbons (Fsp3) is 0.310. The van der Waals surface area contributed by atoms with E-state index in [0.29, 0.717) is 12.2 Å². The van der Waals surface area contributed by atoms with E-state index < -0.39 is 28.5 Å². The number of hydrogen-bond donors (Lipinski definition) is 1. The molecule has 2 unspecified atom stereocenters. The van der Waals surface area contributed by atoms with Gasteiger partial charge < -0.3 is 15.0 Å². The number of hydrogen-bond acceptors (Lipinski definition) is 5. The summed E-state index contributed by atoms with van der Waals surface area (Å²) in [5.74, 6) is -0.312. The molecule has 0 saturated carbocycles. The first kappa shape index (κ1) is 31.3. The van der Waals surface area contributed by atoms with Crippen LogP contribution in [0.5, 0.6) is 5.75 Å². The monoisotopic (exact) mass is 605 g/mol. The van der Waals surface area contributed by atoms with Gasteiger partial charge >= 0.3 is 0 Å². The van der Waals surface area contributed by atoms with Crippen LogP contribution in [0.2, 0.25) is 10.0 Å². The van der Waals surface area contributed by atoms with Crippen molar-refractivity contribution in [3.05, 3.63) is 88.4 Å². The molecule has 0 spiro atoms. The minimum Gasteiger partial charge on any atom is -0.497 e. The third-order valence-electron chi connectivity index (χ3n) is 6.49. The topological polar surface area (TPSA) is 96.0 Å². The number of methoxy groups -OCH3 is 1. The van der Waals surface area contributed by atoms with Gasteiger partial charge in [0.15, 0.2) is 0 Å². The molecule has 0 saturated heterocycles. The van der Waals surface area contributed by atoms with Gasteiger partial charge in [-0.3, -0.25) is 13.9 Å². The largest absolute Gasteiger partial charge is 0.497 e. The van der Waals surface area contributed by atoms with Gasteiger partial charge in [-0.2, -0.15) is 0 Å².